The number of hydrogen-bond acceptors (Lipinski definition) is 5. The summed E-state index contributed by atoms with van der Waals surface area (Å²) in [5, 5.41) is 2.74. The molecule has 0 unspecified atom stereocenters. The van der Waals surface area contributed by atoms with Gasteiger partial charge in [0.25, 0.3) is 17.6 Å². The molecule has 0 fully saturated rings. The topological polar surface area (TPSA) is 92.8 Å². The van der Waals surface area contributed by atoms with Crippen LogP contribution in [-0.4, -0.2) is 36.7 Å². The number of nitrogens with one attached hydrogen (secondary N) is 1. The molecular formula is C21H20N2O5. The predicted molar refractivity (Wildman–Crippen MR) is 103 cm³/mol. The molecule has 3 rings (SSSR count). The van der Waals surface area contributed by atoms with E-state index in [4.69, 9.17) is 4.74 Å². The highest BCUT2D eigenvalue weighted by molar-refractivity contribution is 6.52. The Labute approximate surface area is 162 Å². The van der Waals surface area contributed by atoms with Gasteiger partial charge in [0.15, 0.2) is 6.61 Å². The first-order valence-corrected chi connectivity index (χ1v) is 8.76. The highest BCUT2D eigenvalue weighted by atomic mass is 16.5. The van der Waals surface area contributed by atoms with E-state index in [-0.39, 0.29) is 5.56 Å². The molecule has 0 bridgehead atoms. The highest BCUT2D eigenvalue weighted by Gasteiger charge is 2.36. The number of carbonyl (C=O) groups excluding carboxylic acids is 4. The lowest BCUT2D eigenvalue weighted by Gasteiger charge is -2.16. The van der Waals surface area contributed by atoms with Crippen LogP contribution in [0.3, 0.4) is 0 Å². The molecule has 28 heavy (non-hydrogen) atoms. The maximum absolute atomic E-state index is 12.1. The Kier molecular flexibility index (Phi) is 5.26. The smallest absolute Gasteiger partial charge is 0.326 e. The number of amides is 2. The van der Waals surface area contributed by atoms with Crippen molar-refractivity contribution in [2.75, 3.05) is 23.4 Å². The van der Waals surface area contributed by atoms with E-state index in [0.29, 0.717) is 11.4 Å². The third-order valence-corrected chi connectivity index (χ3v) is 4.47. The number of carbonyl (C=O) groups is 4. The van der Waals surface area contributed by atoms with Crippen LogP contribution in [0.1, 0.15) is 27.0 Å². The lowest BCUT2D eigenvalue weighted by atomic mass is 10.1. The summed E-state index contributed by atoms with van der Waals surface area (Å²) in [6.45, 7) is 4.82. The third-order valence-electron chi connectivity index (χ3n) is 4.47. The quantitative estimate of drug-likeness (QED) is 0.635. The lowest BCUT2D eigenvalue weighted by Crippen LogP contribution is -2.36. The summed E-state index contributed by atoms with van der Waals surface area (Å²) in [6.07, 6.45) is 0. The first-order valence-electron chi connectivity index (χ1n) is 8.76. The predicted octanol–water partition coefficient (Wildman–Crippen LogP) is 2.32. The van der Waals surface area contributed by atoms with E-state index in [1.54, 1.807) is 18.2 Å². The van der Waals surface area contributed by atoms with Crippen LogP contribution in [0.2, 0.25) is 0 Å². The number of ketones is 1. The monoisotopic (exact) mass is 380 g/mol. The number of anilines is 2. The van der Waals surface area contributed by atoms with E-state index < -0.39 is 36.7 Å². The van der Waals surface area contributed by atoms with Crippen LogP contribution in [0.4, 0.5) is 11.4 Å². The SMILES string of the molecule is Cc1cc(C)c(NC(=O)COC(=O)CN2C(=O)C(=O)c3ccccc32)c(C)c1. The molecule has 0 radical (unpaired) electrons. The first-order chi connectivity index (χ1) is 13.3. The van der Waals surface area contributed by atoms with Gasteiger partial charge < -0.3 is 10.1 Å². The van der Waals surface area contributed by atoms with Gasteiger partial charge in [-0.1, -0.05) is 29.8 Å². The number of aryl methyl sites for hydroxylation is 3. The van der Waals surface area contributed by atoms with Crippen molar-refractivity contribution < 1.29 is 23.9 Å². The molecule has 2 aromatic carbocycles. The van der Waals surface area contributed by atoms with Crippen LogP contribution in [0.15, 0.2) is 36.4 Å². The van der Waals surface area contributed by atoms with Crippen molar-refractivity contribution in [1.29, 1.82) is 0 Å². The number of nitrogens with zero attached hydrogens (tertiary/aromatic N) is 1. The highest BCUT2D eigenvalue weighted by Crippen LogP contribution is 2.28. The molecule has 144 valence electrons. The van der Waals surface area contributed by atoms with E-state index >= 15 is 0 Å². The van der Waals surface area contributed by atoms with Gasteiger partial charge in [-0.3, -0.25) is 24.1 Å². The van der Waals surface area contributed by atoms with E-state index in [0.717, 1.165) is 21.6 Å². The second kappa shape index (κ2) is 7.64. The molecule has 0 aromatic heterocycles. The third kappa shape index (κ3) is 3.78. The largest absolute Gasteiger partial charge is 0.454 e. The minimum Gasteiger partial charge on any atom is -0.454 e. The molecule has 0 saturated carbocycles. The summed E-state index contributed by atoms with van der Waals surface area (Å²) in [6, 6.07) is 10.3. The van der Waals surface area contributed by atoms with Gasteiger partial charge in [0.1, 0.15) is 6.54 Å². The zero-order valence-corrected chi connectivity index (χ0v) is 15.9. The molecule has 1 heterocycles. The molecule has 2 aromatic rings. The molecule has 0 saturated heterocycles. The standard InChI is InChI=1S/C21H20N2O5/c1-12-8-13(2)19(14(3)9-12)22-17(24)11-28-18(25)10-23-16-7-5-4-6-15(16)20(26)21(23)27/h4-9H,10-11H2,1-3H3,(H,22,24). The molecule has 7 nitrogen and oxygen atoms in total. The Morgan fingerprint density at radius 1 is 1.04 bits per heavy atom. The van der Waals surface area contributed by atoms with Gasteiger partial charge in [-0.15, -0.1) is 0 Å². The molecule has 0 atom stereocenters. The lowest BCUT2D eigenvalue weighted by molar-refractivity contribution is -0.146. The number of Topliss-reactive ketones (excluding diaryl/α,β-unsaturated/α-hetero) is 1. The maximum Gasteiger partial charge on any atom is 0.326 e. The summed E-state index contributed by atoms with van der Waals surface area (Å²) in [7, 11) is 0. The fraction of sp³-hybridized carbons (Fsp3) is 0.238. The number of hydrogen-bond donors (Lipinski definition) is 1. The van der Waals surface area contributed by atoms with Crippen molar-refractivity contribution in [2.24, 2.45) is 0 Å². The summed E-state index contributed by atoms with van der Waals surface area (Å²) in [5.74, 6) is -2.70. The molecule has 7 heteroatoms. The minimum absolute atomic E-state index is 0.253. The summed E-state index contributed by atoms with van der Waals surface area (Å²) in [4.78, 5) is 49.3. The van der Waals surface area contributed by atoms with Crippen molar-refractivity contribution in [1.82, 2.24) is 0 Å². The Morgan fingerprint density at radius 3 is 2.36 bits per heavy atom. The van der Waals surface area contributed by atoms with Crippen LogP contribution >= 0.6 is 0 Å². The fourth-order valence-electron chi connectivity index (χ4n) is 3.28. The fourth-order valence-corrected chi connectivity index (χ4v) is 3.28. The normalized spacial score (nSPS) is 12.8. The number of ether oxygens (including phenoxy) is 1. The van der Waals surface area contributed by atoms with Crippen LogP contribution in [0.5, 0.6) is 0 Å². The second-order valence-electron chi connectivity index (χ2n) is 6.72. The zero-order valence-electron chi connectivity index (χ0n) is 15.9. The molecule has 2 amide bonds. The van der Waals surface area contributed by atoms with E-state index in [1.165, 1.54) is 6.07 Å². The van der Waals surface area contributed by atoms with Gasteiger partial charge in [0.2, 0.25) is 0 Å². The average molecular weight is 380 g/mol. The second-order valence-corrected chi connectivity index (χ2v) is 6.72. The molecule has 1 aliphatic heterocycles. The van der Waals surface area contributed by atoms with Crippen molar-refractivity contribution in [3.63, 3.8) is 0 Å². The van der Waals surface area contributed by atoms with Gasteiger partial charge >= 0.3 is 5.97 Å². The van der Waals surface area contributed by atoms with Gasteiger partial charge in [-0.2, -0.15) is 0 Å². The van der Waals surface area contributed by atoms with Gasteiger partial charge in [0, 0.05) is 5.69 Å². The first kappa shape index (κ1) is 19.3. The summed E-state index contributed by atoms with van der Waals surface area (Å²) in [5.41, 5.74) is 4.21. The molecule has 1 aliphatic rings. The Hall–Kier alpha value is -3.48. The summed E-state index contributed by atoms with van der Waals surface area (Å²) >= 11 is 0. The van der Waals surface area contributed by atoms with Crippen molar-refractivity contribution in [3.05, 3.63) is 58.7 Å². The molecule has 0 spiro atoms. The number of para-hydroxylation sites is 1. The number of benzene rings is 2. The maximum atomic E-state index is 12.1. The average Bonchev–Trinajstić information content (AvgIpc) is 2.88. The Bertz CT molecular complexity index is 973. The van der Waals surface area contributed by atoms with Gasteiger partial charge in [-0.25, -0.2) is 0 Å². The van der Waals surface area contributed by atoms with Gasteiger partial charge in [-0.05, 0) is 44.0 Å². The Morgan fingerprint density at radius 2 is 1.68 bits per heavy atom. The molecule has 1 N–H and O–H groups in total. The Balaban J connectivity index is 1.59. The molecular weight excluding hydrogens is 360 g/mol. The van der Waals surface area contributed by atoms with E-state index in [9.17, 15) is 19.2 Å². The van der Waals surface area contributed by atoms with Crippen LogP contribution in [-0.2, 0) is 19.1 Å². The van der Waals surface area contributed by atoms with Crippen molar-refractivity contribution in [2.45, 2.75) is 20.8 Å². The number of rotatable bonds is 5. The van der Waals surface area contributed by atoms with Crippen LogP contribution in [0, 0.1) is 20.8 Å². The number of fused-ring (bicyclic) bond motifs is 1. The number of esters is 1. The van der Waals surface area contributed by atoms with Crippen molar-refractivity contribution in [3.8, 4) is 0 Å². The van der Waals surface area contributed by atoms with Crippen LogP contribution < -0.4 is 10.2 Å². The van der Waals surface area contributed by atoms with Crippen LogP contribution in [0.25, 0.3) is 0 Å². The zero-order chi connectivity index (χ0) is 20.4. The minimum atomic E-state index is -0.784. The van der Waals surface area contributed by atoms with E-state index in [2.05, 4.69) is 5.32 Å². The van der Waals surface area contributed by atoms with Gasteiger partial charge in [0.05, 0.1) is 11.3 Å². The van der Waals surface area contributed by atoms with E-state index in [1.807, 2.05) is 32.9 Å². The summed E-state index contributed by atoms with van der Waals surface area (Å²) < 4.78 is 4.98. The molecule has 0 aliphatic carbocycles. The van der Waals surface area contributed by atoms with Crippen molar-refractivity contribution >= 4 is 34.9 Å².